The summed E-state index contributed by atoms with van der Waals surface area (Å²) in [6.07, 6.45) is 4.02. The Labute approximate surface area is 102 Å². The van der Waals surface area contributed by atoms with Crippen molar-refractivity contribution in [1.29, 1.82) is 0 Å². The highest BCUT2D eigenvalue weighted by molar-refractivity contribution is 7.80. The molecule has 1 fully saturated rings. The van der Waals surface area contributed by atoms with Gasteiger partial charge in [0.05, 0.1) is 10.7 Å². The van der Waals surface area contributed by atoms with E-state index < -0.39 is 0 Å². The molecule has 0 aliphatic carbocycles. The topological polar surface area (TPSA) is 42.1 Å². The largest absolute Gasteiger partial charge is 0.393 e. The van der Waals surface area contributed by atoms with Crippen molar-refractivity contribution in [2.75, 3.05) is 13.1 Å². The summed E-state index contributed by atoms with van der Waals surface area (Å²) in [7, 11) is 0. The van der Waals surface area contributed by atoms with Crippen LogP contribution in [0.5, 0.6) is 0 Å². The minimum Gasteiger partial charge on any atom is -0.393 e. The number of piperidine rings is 1. The molecule has 0 atom stereocenters. The van der Waals surface area contributed by atoms with E-state index in [1.54, 1.807) is 0 Å². The highest BCUT2D eigenvalue weighted by atomic mass is 32.1. The summed E-state index contributed by atoms with van der Waals surface area (Å²) in [4.78, 5) is 7.43. The number of hydrogen-bond donors (Lipinski definition) is 1. The van der Waals surface area contributed by atoms with Crippen LogP contribution in [0.3, 0.4) is 0 Å². The minimum atomic E-state index is 0.440. The van der Waals surface area contributed by atoms with Crippen LogP contribution in [0.25, 0.3) is 0 Å². The molecule has 2 N–H and O–H groups in total. The number of rotatable bonds is 3. The zero-order chi connectivity index (χ0) is 11.4. The zero-order valence-electron chi connectivity index (χ0n) is 9.30. The third-order valence-corrected chi connectivity index (χ3v) is 3.44. The van der Waals surface area contributed by atoms with Gasteiger partial charge < -0.3 is 5.73 Å². The van der Waals surface area contributed by atoms with Gasteiger partial charge in [-0.3, -0.25) is 9.88 Å². The maximum absolute atomic E-state index is 5.67. The van der Waals surface area contributed by atoms with E-state index >= 15 is 0 Å². The van der Waals surface area contributed by atoms with Gasteiger partial charge in [0.2, 0.25) is 0 Å². The Morgan fingerprint density at radius 2 is 2.19 bits per heavy atom. The molecule has 0 saturated carbocycles. The second-order valence-electron chi connectivity index (χ2n) is 4.27. The molecule has 4 heteroatoms. The molecule has 0 spiro atoms. The van der Waals surface area contributed by atoms with Crippen LogP contribution in [-0.2, 0) is 6.54 Å². The Balaban J connectivity index is 1.84. The maximum atomic E-state index is 5.67. The van der Waals surface area contributed by atoms with Crippen molar-refractivity contribution in [2.45, 2.75) is 19.4 Å². The molecule has 1 aromatic heterocycles. The van der Waals surface area contributed by atoms with Gasteiger partial charge >= 0.3 is 0 Å². The van der Waals surface area contributed by atoms with Crippen LogP contribution in [0.15, 0.2) is 24.4 Å². The quantitative estimate of drug-likeness (QED) is 0.808. The summed E-state index contributed by atoms with van der Waals surface area (Å²) in [5.41, 5.74) is 6.80. The van der Waals surface area contributed by atoms with Crippen LogP contribution in [0, 0.1) is 5.92 Å². The fourth-order valence-electron chi connectivity index (χ4n) is 2.10. The van der Waals surface area contributed by atoms with Crippen LogP contribution >= 0.6 is 12.2 Å². The third-order valence-electron chi connectivity index (χ3n) is 3.10. The van der Waals surface area contributed by atoms with E-state index in [-0.39, 0.29) is 0 Å². The van der Waals surface area contributed by atoms with E-state index in [0.29, 0.717) is 10.9 Å². The highest BCUT2D eigenvalue weighted by Gasteiger charge is 2.20. The molecule has 2 heterocycles. The Morgan fingerprint density at radius 1 is 1.44 bits per heavy atom. The van der Waals surface area contributed by atoms with Crippen LogP contribution in [0.1, 0.15) is 18.5 Å². The molecule has 1 aromatic rings. The second-order valence-corrected chi connectivity index (χ2v) is 4.75. The fraction of sp³-hybridized carbons (Fsp3) is 0.500. The first kappa shape index (κ1) is 11.5. The summed E-state index contributed by atoms with van der Waals surface area (Å²) in [6.45, 7) is 3.07. The fourth-order valence-corrected chi connectivity index (χ4v) is 2.33. The molecule has 0 bridgehead atoms. The number of pyridine rings is 1. The summed E-state index contributed by atoms with van der Waals surface area (Å²) in [5.74, 6) is 0.440. The summed E-state index contributed by atoms with van der Waals surface area (Å²) in [6, 6.07) is 6.05. The summed E-state index contributed by atoms with van der Waals surface area (Å²) >= 11 is 5.03. The third kappa shape index (κ3) is 3.00. The monoisotopic (exact) mass is 235 g/mol. The lowest BCUT2D eigenvalue weighted by molar-refractivity contribution is 0.200. The van der Waals surface area contributed by atoms with Crippen molar-refractivity contribution in [2.24, 2.45) is 11.7 Å². The van der Waals surface area contributed by atoms with Gasteiger partial charge in [-0.15, -0.1) is 0 Å². The lowest BCUT2D eigenvalue weighted by atomic mass is 9.97. The normalized spacial score (nSPS) is 18.5. The molecule has 1 aliphatic heterocycles. The first-order valence-electron chi connectivity index (χ1n) is 5.67. The molecule has 0 aromatic carbocycles. The van der Waals surface area contributed by atoms with Crippen LogP contribution < -0.4 is 5.73 Å². The number of likely N-dealkylation sites (tertiary alicyclic amines) is 1. The first-order chi connectivity index (χ1) is 7.75. The second kappa shape index (κ2) is 5.37. The van der Waals surface area contributed by atoms with E-state index in [2.05, 4.69) is 16.0 Å². The maximum Gasteiger partial charge on any atom is 0.0759 e. The van der Waals surface area contributed by atoms with Crippen molar-refractivity contribution in [3.63, 3.8) is 0 Å². The summed E-state index contributed by atoms with van der Waals surface area (Å²) in [5, 5.41) is 0. The Kier molecular flexibility index (Phi) is 3.85. The van der Waals surface area contributed by atoms with Gasteiger partial charge in [-0.25, -0.2) is 0 Å². The van der Waals surface area contributed by atoms with Gasteiger partial charge in [-0.2, -0.15) is 0 Å². The van der Waals surface area contributed by atoms with Gasteiger partial charge in [-0.1, -0.05) is 18.3 Å². The van der Waals surface area contributed by atoms with Crippen molar-refractivity contribution >= 4 is 17.2 Å². The van der Waals surface area contributed by atoms with Crippen molar-refractivity contribution in [1.82, 2.24) is 9.88 Å². The average Bonchev–Trinajstić information content (AvgIpc) is 2.31. The number of nitrogens with zero attached hydrogens (tertiary/aromatic N) is 2. The lowest BCUT2D eigenvalue weighted by Crippen LogP contribution is -2.37. The molecule has 86 valence electrons. The first-order valence-corrected chi connectivity index (χ1v) is 6.08. The van der Waals surface area contributed by atoms with Crippen LogP contribution in [-0.4, -0.2) is 28.0 Å². The molecule has 0 unspecified atom stereocenters. The van der Waals surface area contributed by atoms with E-state index in [1.807, 2.05) is 18.3 Å². The smallest absolute Gasteiger partial charge is 0.0759 e. The molecule has 0 amide bonds. The number of nitrogens with two attached hydrogens (primary N) is 1. The van der Waals surface area contributed by atoms with Crippen molar-refractivity contribution < 1.29 is 0 Å². The van der Waals surface area contributed by atoms with E-state index in [1.165, 1.54) is 0 Å². The molecule has 1 saturated heterocycles. The van der Waals surface area contributed by atoms with Gasteiger partial charge in [-0.05, 0) is 38.1 Å². The Bertz CT molecular complexity index is 345. The minimum absolute atomic E-state index is 0.440. The Morgan fingerprint density at radius 3 is 2.75 bits per heavy atom. The van der Waals surface area contributed by atoms with Crippen molar-refractivity contribution in [3.05, 3.63) is 30.1 Å². The van der Waals surface area contributed by atoms with Crippen molar-refractivity contribution in [3.8, 4) is 0 Å². The predicted octanol–water partition coefficient (Wildman–Crippen LogP) is 1.58. The number of hydrogen-bond acceptors (Lipinski definition) is 3. The van der Waals surface area contributed by atoms with E-state index in [0.717, 1.165) is 38.2 Å². The van der Waals surface area contributed by atoms with Crippen LogP contribution in [0.4, 0.5) is 0 Å². The molecule has 1 aliphatic rings. The summed E-state index contributed by atoms with van der Waals surface area (Å²) < 4.78 is 0. The molecule has 2 rings (SSSR count). The molecule has 3 nitrogen and oxygen atoms in total. The molecular weight excluding hydrogens is 218 g/mol. The van der Waals surface area contributed by atoms with Crippen LogP contribution in [0.2, 0.25) is 0 Å². The number of aromatic nitrogens is 1. The van der Waals surface area contributed by atoms with Gasteiger partial charge in [0, 0.05) is 18.7 Å². The van der Waals surface area contributed by atoms with Gasteiger partial charge in [0.25, 0.3) is 0 Å². The lowest BCUT2D eigenvalue weighted by Gasteiger charge is -2.31. The molecule has 16 heavy (non-hydrogen) atoms. The highest BCUT2D eigenvalue weighted by Crippen LogP contribution is 2.18. The van der Waals surface area contributed by atoms with E-state index in [4.69, 9.17) is 18.0 Å². The standard InChI is InChI=1S/C12H17N3S/c13-12(16)10-4-7-15(8-5-10)9-11-3-1-2-6-14-11/h1-3,6,10H,4-5,7-9H2,(H2,13,16). The zero-order valence-corrected chi connectivity index (χ0v) is 10.1. The molecular formula is C12H17N3S. The number of thiocarbonyl (C=S) groups is 1. The van der Waals surface area contributed by atoms with Gasteiger partial charge in [0.1, 0.15) is 0 Å². The predicted molar refractivity (Wildman–Crippen MR) is 69.0 cm³/mol. The van der Waals surface area contributed by atoms with E-state index in [9.17, 15) is 0 Å². The molecule has 0 radical (unpaired) electrons. The average molecular weight is 235 g/mol. The Hall–Kier alpha value is -1.00. The SMILES string of the molecule is NC(=S)C1CCN(Cc2ccccn2)CC1. The van der Waals surface area contributed by atoms with Gasteiger partial charge in [0.15, 0.2) is 0 Å².